The fourth-order valence-electron chi connectivity index (χ4n) is 3.00. The predicted octanol–water partition coefficient (Wildman–Crippen LogP) is 3.78. The average Bonchev–Trinajstić information content (AvgIpc) is 2.97. The molecule has 1 aromatic carbocycles. The molecule has 0 aliphatic carbocycles. The highest BCUT2D eigenvalue weighted by atomic mass is 32.2. The fourth-order valence-corrected chi connectivity index (χ4v) is 4.12. The van der Waals surface area contributed by atoms with Crippen molar-refractivity contribution in [2.45, 2.75) is 32.4 Å². The lowest BCUT2D eigenvalue weighted by molar-refractivity contribution is -0.385. The molecule has 1 fully saturated rings. The van der Waals surface area contributed by atoms with Gasteiger partial charge in [-0.15, -0.1) is 0 Å². The van der Waals surface area contributed by atoms with Gasteiger partial charge < -0.3 is 10.5 Å². The van der Waals surface area contributed by atoms with E-state index >= 15 is 0 Å². The predicted molar refractivity (Wildman–Crippen MR) is 96.1 cm³/mol. The van der Waals surface area contributed by atoms with Crippen LogP contribution in [0.5, 0.6) is 0 Å². The molecule has 0 radical (unpaired) electrons. The van der Waals surface area contributed by atoms with Gasteiger partial charge in [0.05, 0.1) is 30.9 Å². The third-order valence-electron chi connectivity index (χ3n) is 4.16. The maximum Gasteiger partial charge on any atom is 0.272 e. The Balaban J connectivity index is 0.000000791. The van der Waals surface area contributed by atoms with Crippen molar-refractivity contribution in [3.63, 3.8) is 0 Å². The summed E-state index contributed by atoms with van der Waals surface area (Å²) < 4.78 is 43.2. The number of alkyl halides is 1. The lowest BCUT2D eigenvalue weighted by Crippen LogP contribution is -2.42. The second kappa shape index (κ2) is 9.22. The van der Waals surface area contributed by atoms with Crippen molar-refractivity contribution >= 4 is 22.6 Å². The van der Waals surface area contributed by atoms with Gasteiger partial charge in [-0.3, -0.25) is 14.5 Å². The van der Waals surface area contributed by atoms with Crippen molar-refractivity contribution in [1.29, 1.82) is 0 Å². The van der Waals surface area contributed by atoms with E-state index in [0.29, 0.717) is 19.0 Å². The molecular formula is C16H22F3N3O3S. The highest BCUT2D eigenvalue weighted by Gasteiger charge is 2.53. The summed E-state index contributed by atoms with van der Waals surface area (Å²) in [6, 6.07) is 1.59. The van der Waals surface area contributed by atoms with Gasteiger partial charge in [0.1, 0.15) is 5.54 Å². The van der Waals surface area contributed by atoms with Crippen LogP contribution in [-0.4, -0.2) is 35.7 Å². The van der Waals surface area contributed by atoms with Gasteiger partial charge in [0.2, 0.25) is 0 Å². The Hall–Kier alpha value is -1.81. The Morgan fingerprint density at radius 2 is 2.00 bits per heavy atom. The molecule has 2 aliphatic heterocycles. The van der Waals surface area contributed by atoms with Crippen LogP contribution < -0.4 is 5.73 Å². The lowest BCUT2D eigenvalue weighted by Gasteiger charge is -2.35. The van der Waals surface area contributed by atoms with E-state index in [0.717, 1.165) is 6.07 Å². The van der Waals surface area contributed by atoms with Crippen LogP contribution >= 0.6 is 11.8 Å². The highest BCUT2D eigenvalue weighted by Crippen LogP contribution is 2.48. The molecular weight excluding hydrogens is 371 g/mol. The van der Waals surface area contributed by atoms with Crippen molar-refractivity contribution < 1.29 is 22.8 Å². The average molecular weight is 393 g/mol. The SMILES string of the molecule is CC.CC1OCC2(c3cc([N+](=O)[O-])cc(F)c3F)N=C(N)SCC12.CF. The minimum absolute atomic E-state index is 0.0115. The number of hydrogen-bond donors (Lipinski definition) is 1. The molecule has 3 rings (SSSR count). The van der Waals surface area contributed by atoms with Gasteiger partial charge >= 0.3 is 0 Å². The summed E-state index contributed by atoms with van der Waals surface area (Å²) in [6.07, 6.45) is -0.230. The zero-order valence-corrected chi connectivity index (χ0v) is 15.8. The molecule has 0 bridgehead atoms. The van der Waals surface area contributed by atoms with Gasteiger partial charge in [-0.2, -0.15) is 0 Å². The number of fused-ring (bicyclic) bond motifs is 1. The summed E-state index contributed by atoms with van der Waals surface area (Å²) in [6.45, 7) is 5.83. The first-order valence-corrected chi connectivity index (χ1v) is 8.95. The van der Waals surface area contributed by atoms with Gasteiger partial charge in [0.25, 0.3) is 5.69 Å². The van der Waals surface area contributed by atoms with E-state index in [9.17, 15) is 23.3 Å². The van der Waals surface area contributed by atoms with Crippen LogP contribution in [0.2, 0.25) is 0 Å². The Kier molecular flexibility index (Phi) is 7.88. The number of benzene rings is 1. The molecule has 26 heavy (non-hydrogen) atoms. The molecule has 6 nitrogen and oxygen atoms in total. The molecule has 2 N–H and O–H groups in total. The number of amidine groups is 1. The number of rotatable bonds is 2. The maximum absolute atomic E-state index is 14.3. The highest BCUT2D eigenvalue weighted by molar-refractivity contribution is 8.13. The van der Waals surface area contributed by atoms with Crippen molar-refractivity contribution in [3.05, 3.63) is 39.4 Å². The molecule has 1 saturated heterocycles. The number of nitro benzene ring substituents is 1. The molecule has 3 atom stereocenters. The molecule has 2 aliphatic rings. The number of nitrogens with two attached hydrogens (primary N) is 1. The van der Waals surface area contributed by atoms with Crippen molar-refractivity contribution in [2.24, 2.45) is 16.6 Å². The van der Waals surface area contributed by atoms with Gasteiger partial charge in [0.15, 0.2) is 16.8 Å². The topological polar surface area (TPSA) is 90.8 Å². The van der Waals surface area contributed by atoms with Crippen LogP contribution in [0.25, 0.3) is 0 Å². The third-order valence-corrected chi connectivity index (χ3v) is 5.07. The number of thioether (sulfide) groups is 1. The molecule has 10 heteroatoms. The number of halogens is 3. The fraction of sp³-hybridized carbons (Fsp3) is 0.562. The van der Waals surface area contributed by atoms with Crippen LogP contribution in [0, 0.1) is 27.7 Å². The zero-order chi connectivity index (χ0) is 20.1. The van der Waals surface area contributed by atoms with Crippen LogP contribution in [-0.2, 0) is 10.3 Å². The first kappa shape index (κ1) is 22.2. The van der Waals surface area contributed by atoms with Crippen LogP contribution in [0.4, 0.5) is 18.9 Å². The Morgan fingerprint density at radius 3 is 2.58 bits per heavy atom. The van der Waals surface area contributed by atoms with E-state index in [1.165, 1.54) is 11.8 Å². The van der Waals surface area contributed by atoms with E-state index in [1.807, 2.05) is 20.8 Å². The summed E-state index contributed by atoms with van der Waals surface area (Å²) >= 11 is 1.31. The maximum atomic E-state index is 14.3. The molecule has 0 aromatic heterocycles. The van der Waals surface area contributed by atoms with Gasteiger partial charge in [0, 0.05) is 23.3 Å². The number of aliphatic imine (C=N–C) groups is 1. The molecule has 2 heterocycles. The molecule has 146 valence electrons. The second-order valence-corrected chi connectivity index (χ2v) is 6.39. The van der Waals surface area contributed by atoms with Crippen LogP contribution in [0.3, 0.4) is 0 Å². The standard InChI is InChI=1S/C13H13F2N3O3S.C2H6.CH3F/c1-6-9-4-22-12(16)17-13(9,5-21-6)8-2-7(18(19)20)3-10(14)11(8)15;2*1-2/h2-3,6,9H,4-5H2,1H3,(H2,16,17);1-2H3;1H3. The van der Waals surface area contributed by atoms with Gasteiger partial charge in [-0.05, 0) is 6.92 Å². The quantitative estimate of drug-likeness (QED) is 0.610. The molecule has 0 saturated carbocycles. The van der Waals surface area contributed by atoms with Crippen molar-refractivity contribution in [2.75, 3.05) is 19.5 Å². The Bertz CT molecular complexity index is 690. The summed E-state index contributed by atoms with van der Waals surface area (Å²) in [4.78, 5) is 14.5. The molecule has 3 unspecified atom stereocenters. The minimum atomic E-state index is -1.27. The number of ether oxygens (including phenoxy) is 1. The van der Waals surface area contributed by atoms with E-state index in [-0.39, 0.29) is 29.4 Å². The third kappa shape index (κ3) is 3.96. The van der Waals surface area contributed by atoms with E-state index < -0.39 is 27.8 Å². The number of non-ortho nitro benzene ring substituents is 1. The summed E-state index contributed by atoms with van der Waals surface area (Å²) in [5.41, 5.74) is 3.85. The van der Waals surface area contributed by atoms with E-state index in [4.69, 9.17) is 10.5 Å². The van der Waals surface area contributed by atoms with Crippen LogP contribution in [0.15, 0.2) is 17.1 Å². The second-order valence-electron chi connectivity index (χ2n) is 5.35. The molecule has 0 amide bonds. The Morgan fingerprint density at radius 1 is 1.38 bits per heavy atom. The van der Waals surface area contributed by atoms with Gasteiger partial charge in [-0.25, -0.2) is 13.8 Å². The van der Waals surface area contributed by atoms with Crippen molar-refractivity contribution in [1.82, 2.24) is 0 Å². The monoisotopic (exact) mass is 393 g/mol. The normalized spacial score (nSPS) is 26.5. The largest absolute Gasteiger partial charge is 0.379 e. The summed E-state index contributed by atoms with van der Waals surface area (Å²) in [5.74, 6) is -2.12. The number of nitrogens with zero attached hydrogens (tertiary/aromatic N) is 2. The first-order chi connectivity index (χ1) is 12.3. The van der Waals surface area contributed by atoms with E-state index in [1.54, 1.807) is 0 Å². The molecule has 0 spiro atoms. The smallest absolute Gasteiger partial charge is 0.272 e. The van der Waals surface area contributed by atoms with Crippen molar-refractivity contribution in [3.8, 4) is 0 Å². The van der Waals surface area contributed by atoms with Crippen LogP contribution in [0.1, 0.15) is 26.3 Å². The van der Waals surface area contributed by atoms with E-state index in [2.05, 4.69) is 4.99 Å². The number of nitro groups is 1. The lowest BCUT2D eigenvalue weighted by atomic mass is 9.79. The first-order valence-electron chi connectivity index (χ1n) is 7.96. The molecule has 1 aromatic rings. The van der Waals surface area contributed by atoms with Gasteiger partial charge in [-0.1, -0.05) is 25.6 Å². The minimum Gasteiger partial charge on any atom is -0.379 e. The summed E-state index contributed by atoms with van der Waals surface area (Å²) in [7, 11) is 0.500. The zero-order valence-electron chi connectivity index (χ0n) is 15.0. The number of hydrogen-bond acceptors (Lipinski definition) is 6. The Labute approximate surface area is 154 Å². The summed E-state index contributed by atoms with van der Waals surface area (Å²) in [5, 5.41) is 11.2.